The Morgan fingerprint density at radius 2 is 1.75 bits per heavy atom. The second-order valence-corrected chi connectivity index (χ2v) is 10.9. The van der Waals surface area contributed by atoms with E-state index < -0.39 is 0 Å². The number of hydrogen-bond donors (Lipinski definition) is 3. The number of nitrogens with one attached hydrogen (secondary N) is 3. The normalized spacial score (nSPS) is 26.9. The van der Waals surface area contributed by atoms with Gasteiger partial charge in [-0.25, -0.2) is 4.79 Å². The molecule has 6 rings (SSSR count). The Balaban J connectivity index is 1.23. The van der Waals surface area contributed by atoms with Gasteiger partial charge in [0.15, 0.2) is 0 Å². The Hall–Kier alpha value is -3.32. The van der Waals surface area contributed by atoms with Crippen LogP contribution in [0.3, 0.4) is 0 Å². The number of para-hydroxylation sites is 2. The molecule has 0 bridgehead atoms. The van der Waals surface area contributed by atoms with Gasteiger partial charge in [-0.1, -0.05) is 49.2 Å². The van der Waals surface area contributed by atoms with Crippen molar-refractivity contribution in [1.82, 2.24) is 10.2 Å². The summed E-state index contributed by atoms with van der Waals surface area (Å²) in [6.45, 7) is 0.754. The monoisotopic (exact) mass is 500 g/mol. The van der Waals surface area contributed by atoms with E-state index in [2.05, 4.69) is 61.9 Å². The Bertz CT molecular complexity index is 1220. The smallest absolute Gasteiger partial charge is 0.319 e. The zero-order valence-electron chi connectivity index (χ0n) is 20.2. The SMILES string of the molecule is O=C(Nc1ccccc1)N[C@@H]1CCCC[C@@H]1C(=O)N1CC[C@H]2[C@H](c3ccsc3)Nc3ccccc3[C@@H]21. The molecule has 0 radical (unpaired) electrons. The average Bonchev–Trinajstić information content (AvgIpc) is 3.60. The number of likely N-dealkylation sites (tertiary alicyclic amines) is 1. The zero-order valence-corrected chi connectivity index (χ0v) is 21.0. The number of fused-ring (bicyclic) bond motifs is 3. The summed E-state index contributed by atoms with van der Waals surface area (Å²) in [5, 5.41) is 14.2. The molecule has 3 aliphatic rings. The molecule has 3 heterocycles. The lowest BCUT2D eigenvalue weighted by Crippen LogP contribution is -2.51. The molecule has 1 saturated carbocycles. The highest BCUT2D eigenvalue weighted by molar-refractivity contribution is 7.08. The minimum absolute atomic E-state index is 0.0561. The maximum absolute atomic E-state index is 14.1. The van der Waals surface area contributed by atoms with Crippen molar-refractivity contribution in [3.63, 3.8) is 0 Å². The lowest BCUT2D eigenvalue weighted by molar-refractivity contribution is -0.138. The van der Waals surface area contributed by atoms with Crippen LogP contribution < -0.4 is 16.0 Å². The van der Waals surface area contributed by atoms with E-state index in [9.17, 15) is 9.59 Å². The predicted molar refractivity (Wildman–Crippen MR) is 144 cm³/mol. The van der Waals surface area contributed by atoms with Gasteiger partial charge < -0.3 is 20.9 Å². The van der Waals surface area contributed by atoms with Crippen LogP contribution in [0.5, 0.6) is 0 Å². The van der Waals surface area contributed by atoms with Gasteiger partial charge in [0.05, 0.1) is 18.0 Å². The van der Waals surface area contributed by atoms with Crippen LogP contribution in [0.2, 0.25) is 0 Å². The summed E-state index contributed by atoms with van der Waals surface area (Å²) in [4.78, 5) is 29.1. The maximum atomic E-state index is 14.1. The van der Waals surface area contributed by atoms with Gasteiger partial charge in [-0.3, -0.25) is 4.79 Å². The van der Waals surface area contributed by atoms with Crippen molar-refractivity contribution < 1.29 is 9.59 Å². The molecule has 3 aromatic rings. The van der Waals surface area contributed by atoms with Crippen LogP contribution in [0.1, 0.15) is 55.3 Å². The molecule has 7 heteroatoms. The molecular formula is C29H32N4O2S. The van der Waals surface area contributed by atoms with E-state index >= 15 is 0 Å². The van der Waals surface area contributed by atoms with Gasteiger partial charge >= 0.3 is 6.03 Å². The number of amides is 3. The second-order valence-electron chi connectivity index (χ2n) is 10.2. The lowest BCUT2D eigenvalue weighted by Gasteiger charge is -2.41. The van der Waals surface area contributed by atoms with Crippen molar-refractivity contribution in [3.8, 4) is 0 Å². The number of nitrogens with zero attached hydrogens (tertiary/aromatic N) is 1. The summed E-state index contributed by atoms with van der Waals surface area (Å²) >= 11 is 1.72. The van der Waals surface area contributed by atoms with E-state index in [1.807, 2.05) is 30.3 Å². The maximum Gasteiger partial charge on any atom is 0.319 e. The third kappa shape index (κ3) is 4.37. The molecule has 2 aromatic carbocycles. The third-order valence-corrected chi connectivity index (χ3v) is 8.78. The van der Waals surface area contributed by atoms with Crippen LogP contribution in [0.15, 0.2) is 71.4 Å². The summed E-state index contributed by atoms with van der Waals surface area (Å²) in [6, 6.07) is 19.9. The quantitative estimate of drug-likeness (QED) is 0.400. The van der Waals surface area contributed by atoms with E-state index in [1.54, 1.807) is 11.3 Å². The molecule has 1 aliphatic carbocycles. The fourth-order valence-corrected chi connectivity index (χ4v) is 7.12. The number of carbonyl (C=O) groups is 2. The fraction of sp³-hybridized carbons (Fsp3) is 0.379. The number of carbonyl (C=O) groups excluding carboxylic acids is 2. The number of anilines is 2. The zero-order chi connectivity index (χ0) is 24.5. The molecule has 5 atom stereocenters. The first-order valence-corrected chi connectivity index (χ1v) is 13.9. The van der Waals surface area contributed by atoms with E-state index in [4.69, 9.17) is 0 Å². The summed E-state index contributed by atoms with van der Waals surface area (Å²) in [7, 11) is 0. The molecule has 3 N–H and O–H groups in total. The molecule has 2 fully saturated rings. The van der Waals surface area contributed by atoms with Crippen LogP contribution in [-0.4, -0.2) is 29.4 Å². The molecule has 186 valence electrons. The number of urea groups is 1. The van der Waals surface area contributed by atoms with Crippen molar-refractivity contribution in [2.24, 2.45) is 11.8 Å². The second kappa shape index (κ2) is 9.97. The number of thiophene rings is 1. The lowest BCUT2D eigenvalue weighted by atomic mass is 9.79. The minimum Gasteiger partial charge on any atom is -0.378 e. The Labute approximate surface area is 216 Å². The van der Waals surface area contributed by atoms with Crippen molar-refractivity contribution >= 4 is 34.6 Å². The fourth-order valence-electron chi connectivity index (χ4n) is 6.42. The first-order chi connectivity index (χ1) is 17.7. The van der Waals surface area contributed by atoms with Crippen molar-refractivity contribution in [2.45, 2.75) is 50.2 Å². The van der Waals surface area contributed by atoms with Gasteiger partial charge in [0.25, 0.3) is 0 Å². The van der Waals surface area contributed by atoms with E-state index in [1.165, 1.54) is 11.1 Å². The summed E-state index contributed by atoms with van der Waals surface area (Å²) in [6.07, 6.45) is 4.66. The van der Waals surface area contributed by atoms with Crippen molar-refractivity contribution in [1.29, 1.82) is 0 Å². The standard InChI is InChI=1S/C29H32N4O2S/c34-28(22-11-5-7-13-25(22)32-29(35)30-20-8-2-1-3-9-20)33-16-14-23-26(19-15-17-36-18-19)31-24-12-6-4-10-21(24)27(23)33/h1-4,6,8-10,12,15,17-18,22-23,25-27,31H,5,7,11,13-14,16H2,(H2,30,32,35)/t22-,23-,25+,26-,27-/m0/s1. The van der Waals surface area contributed by atoms with Crippen molar-refractivity contribution in [2.75, 3.05) is 17.2 Å². The molecule has 3 amide bonds. The summed E-state index contributed by atoms with van der Waals surface area (Å²) < 4.78 is 0. The van der Waals surface area contributed by atoms with Crippen LogP contribution in [0, 0.1) is 11.8 Å². The number of rotatable bonds is 4. The molecule has 1 aromatic heterocycles. The largest absolute Gasteiger partial charge is 0.378 e. The van der Waals surface area contributed by atoms with E-state index in [-0.39, 0.29) is 36.0 Å². The topological polar surface area (TPSA) is 73.5 Å². The summed E-state index contributed by atoms with van der Waals surface area (Å²) in [5.41, 5.74) is 4.38. The first-order valence-electron chi connectivity index (χ1n) is 13.0. The van der Waals surface area contributed by atoms with Crippen molar-refractivity contribution in [3.05, 3.63) is 82.6 Å². The molecule has 0 spiro atoms. The van der Waals surface area contributed by atoms with Gasteiger partial charge in [0.1, 0.15) is 0 Å². The van der Waals surface area contributed by atoms with Gasteiger partial charge in [-0.05, 0) is 65.4 Å². The Kier molecular flexibility index (Phi) is 6.40. The molecule has 1 saturated heterocycles. The van der Waals surface area contributed by atoms with Gasteiger partial charge in [0, 0.05) is 29.9 Å². The first kappa shape index (κ1) is 23.1. The van der Waals surface area contributed by atoms with E-state index in [0.717, 1.165) is 50.0 Å². The number of hydrogen-bond acceptors (Lipinski definition) is 4. The molecular weight excluding hydrogens is 468 g/mol. The van der Waals surface area contributed by atoms with Gasteiger partial charge in [-0.15, -0.1) is 0 Å². The van der Waals surface area contributed by atoms with Crippen LogP contribution >= 0.6 is 11.3 Å². The van der Waals surface area contributed by atoms with Gasteiger partial charge in [-0.2, -0.15) is 11.3 Å². The highest BCUT2D eigenvalue weighted by Crippen LogP contribution is 2.52. The molecule has 36 heavy (non-hydrogen) atoms. The number of benzene rings is 2. The van der Waals surface area contributed by atoms with Gasteiger partial charge in [0.2, 0.25) is 5.91 Å². The molecule has 0 unspecified atom stereocenters. The molecule has 6 nitrogen and oxygen atoms in total. The highest BCUT2D eigenvalue weighted by Gasteiger charge is 2.48. The van der Waals surface area contributed by atoms with Crippen LogP contribution in [-0.2, 0) is 4.79 Å². The van der Waals surface area contributed by atoms with Crippen LogP contribution in [0.25, 0.3) is 0 Å². The molecule has 2 aliphatic heterocycles. The van der Waals surface area contributed by atoms with Crippen LogP contribution in [0.4, 0.5) is 16.2 Å². The Morgan fingerprint density at radius 1 is 0.944 bits per heavy atom. The summed E-state index contributed by atoms with van der Waals surface area (Å²) in [5.74, 6) is 0.323. The highest BCUT2D eigenvalue weighted by atomic mass is 32.1. The van der Waals surface area contributed by atoms with E-state index in [0.29, 0.717) is 5.92 Å². The Morgan fingerprint density at radius 3 is 2.58 bits per heavy atom. The third-order valence-electron chi connectivity index (χ3n) is 8.08. The minimum atomic E-state index is -0.241. The predicted octanol–water partition coefficient (Wildman–Crippen LogP) is 6.19. The average molecular weight is 501 g/mol.